The van der Waals surface area contributed by atoms with Gasteiger partial charge in [0.1, 0.15) is 0 Å². The van der Waals surface area contributed by atoms with Crippen LogP contribution in [-0.4, -0.2) is 25.5 Å². The largest absolute Gasteiger partial charge is 0.329 e. The molecule has 0 spiro atoms. The fourth-order valence-corrected chi connectivity index (χ4v) is 1.83. The van der Waals surface area contributed by atoms with Crippen LogP contribution in [0.25, 0.3) is 0 Å². The van der Waals surface area contributed by atoms with Gasteiger partial charge in [0.2, 0.25) is 0 Å². The topological polar surface area (TPSA) is 29.3 Å². The molecule has 1 rings (SSSR count). The molecule has 78 valence electrons. The molecule has 0 radical (unpaired) electrons. The molecule has 1 aromatic carbocycles. The van der Waals surface area contributed by atoms with Crippen LogP contribution < -0.4 is 5.73 Å². The Hall–Kier alpha value is -0.280. The van der Waals surface area contributed by atoms with Crippen molar-refractivity contribution in [3.05, 3.63) is 33.8 Å². The van der Waals surface area contributed by atoms with Gasteiger partial charge in [0.25, 0.3) is 0 Å². The predicted octanol–water partition coefficient (Wildman–Crippen LogP) is 2.55. The first-order valence-electron chi connectivity index (χ1n) is 4.38. The number of halogens is 2. The summed E-state index contributed by atoms with van der Waals surface area (Å²) < 4.78 is 0. The summed E-state index contributed by atoms with van der Waals surface area (Å²) in [6, 6.07) is 5.72. The number of nitrogens with two attached hydrogens (primary N) is 1. The molecule has 0 fully saturated rings. The number of benzene rings is 1. The zero-order valence-electron chi connectivity index (χ0n) is 8.30. The van der Waals surface area contributed by atoms with Crippen molar-refractivity contribution in [1.82, 2.24) is 4.90 Å². The van der Waals surface area contributed by atoms with Gasteiger partial charge in [-0.05, 0) is 25.7 Å². The zero-order chi connectivity index (χ0) is 10.7. The second kappa shape index (κ2) is 4.99. The molecule has 0 bridgehead atoms. The summed E-state index contributed by atoms with van der Waals surface area (Å²) in [5.41, 5.74) is 6.66. The molecule has 0 aliphatic rings. The summed E-state index contributed by atoms with van der Waals surface area (Å²) in [5, 5.41) is 1.17. The van der Waals surface area contributed by atoms with Crippen molar-refractivity contribution in [2.75, 3.05) is 20.6 Å². The van der Waals surface area contributed by atoms with Crippen molar-refractivity contribution in [2.45, 2.75) is 6.04 Å². The summed E-state index contributed by atoms with van der Waals surface area (Å²) in [6.07, 6.45) is 0. The first-order chi connectivity index (χ1) is 6.57. The van der Waals surface area contributed by atoms with E-state index >= 15 is 0 Å². The molecule has 2 N–H and O–H groups in total. The molecule has 1 unspecified atom stereocenters. The monoisotopic (exact) mass is 232 g/mol. The first kappa shape index (κ1) is 11.8. The summed E-state index contributed by atoms with van der Waals surface area (Å²) in [4.78, 5) is 2.03. The Morgan fingerprint density at radius 3 is 2.50 bits per heavy atom. The molecule has 1 atom stereocenters. The first-order valence-corrected chi connectivity index (χ1v) is 5.14. The minimum Gasteiger partial charge on any atom is -0.329 e. The molecule has 0 amide bonds. The fourth-order valence-electron chi connectivity index (χ4n) is 1.39. The third-order valence-corrected chi connectivity index (χ3v) is 3.02. The highest BCUT2D eigenvalue weighted by atomic mass is 35.5. The van der Waals surface area contributed by atoms with E-state index < -0.39 is 0 Å². The highest BCUT2D eigenvalue weighted by Crippen LogP contribution is 2.31. The molecule has 0 saturated heterocycles. The van der Waals surface area contributed by atoms with E-state index in [1.165, 1.54) is 0 Å². The number of hydrogen-bond acceptors (Lipinski definition) is 2. The van der Waals surface area contributed by atoms with Gasteiger partial charge in [-0.1, -0.05) is 35.3 Å². The molecule has 0 aliphatic heterocycles. The van der Waals surface area contributed by atoms with Gasteiger partial charge in [0.15, 0.2) is 0 Å². The molecule has 4 heteroatoms. The lowest BCUT2D eigenvalue weighted by Gasteiger charge is -2.24. The van der Waals surface area contributed by atoms with Gasteiger partial charge < -0.3 is 10.6 Å². The van der Waals surface area contributed by atoms with Gasteiger partial charge in [-0.2, -0.15) is 0 Å². The smallest absolute Gasteiger partial charge is 0.0640 e. The van der Waals surface area contributed by atoms with Gasteiger partial charge in [-0.25, -0.2) is 0 Å². The van der Waals surface area contributed by atoms with Gasteiger partial charge in [-0.15, -0.1) is 0 Å². The SMILES string of the molecule is CN(C)C(CN)c1cccc(Cl)c1Cl. The number of nitrogens with zero attached hydrogens (tertiary/aromatic N) is 1. The fraction of sp³-hybridized carbons (Fsp3) is 0.400. The summed E-state index contributed by atoms with van der Waals surface area (Å²) in [7, 11) is 3.93. The molecular weight excluding hydrogens is 219 g/mol. The molecule has 0 aromatic heterocycles. The Morgan fingerprint density at radius 1 is 1.36 bits per heavy atom. The van der Waals surface area contributed by atoms with Crippen molar-refractivity contribution in [3.8, 4) is 0 Å². The van der Waals surface area contributed by atoms with Gasteiger partial charge in [0, 0.05) is 12.6 Å². The van der Waals surface area contributed by atoms with Gasteiger partial charge >= 0.3 is 0 Å². The van der Waals surface area contributed by atoms with Crippen molar-refractivity contribution in [1.29, 1.82) is 0 Å². The van der Waals surface area contributed by atoms with E-state index in [9.17, 15) is 0 Å². The Bertz CT molecular complexity index is 313. The van der Waals surface area contributed by atoms with Crippen LogP contribution in [0.4, 0.5) is 0 Å². The minimum absolute atomic E-state index is 0.112. The molecule has 0 aliphatic carbocycles. The van der Waals surface area contributed by atoms with Crippen LogP contribution in [0.2, 0.25) is 10.0 Å². The minimum atomic E-state index is 0.112. The second-order valence-corrected chi connectivity index (χ2v) is 4.14. The zero-order valence-corrected chi connectivity index (χ0v) is 9.81. The Labute approximate surface area is 94.6 Å². The van der Waals surface area contributed by atoms with E-state index in [0.29, 0.717) is 16.6 Å². The normalized spacial score (nSPS) is 13.3. The van der Waals surface area contributed by atoms with Crippen LogP contribution in [0.5, 0.6) is 0 Å². The maximum Gasteiger partial charge on any atom is 0.0640 e. The van der Waals surface area contributed by atoms with Gasteiger partial charge in [0.05, 0.1) is 10.0 Å². The maximum absolute atomic E-state index is 6.10. The standard InChI is InChI=1S/C10H14Cl2N2/c1-14(2)9(6-13)7-4-3-5-8(11)10(7)12/h3-5,9H,6,13H2,1-2H3. The van der Waals surface area contributed by atoms with Crippen LogP contribution in [-0.2, 0) is 0 Å². The van der Waals surface area contributed by atoms with Crippen molar-refractivity contribution >= 4 is 23.2 Å². The Kier molecular flexibility index (Phi) is 4.20. The lowest BCUT2D eigenvalue weighted by Crippen LogP contribution is -2.27. The van der Waals surface area contributed by atoms with E-state index in [1.807, 2.05) is 31.1 Å². The molecule has 0 saturated carbocycles. The predicted molar refractivity (Wildman–Crippen MR) is 61.9 cm³/mol. The Morgan fingerprint density at radius 2 is 2.00 bits per heavy atom. The van der Waals surface area contributed by atoms with Crippen molar-refractivity contribution in [3.63, 3.8) is 0 Å². The number of hydrogen-bond donors (Lipinski definition) is 1. The van der Waals surface area contributed by atoms with E-state index in [2.05, 4.69) is 0 Å². The van der Waals surface area contributed by atoms with Crippen LogP contribution in [0.1, 0.15) is 11.6 Å². The average Bonchev–Trinajstić information content (AvgIpc) is 2.13. The molecule has 14 heavy (non-hydrogen) atoms. The molecule has 2 nitrogen and oxygen atoms in total. The Balaban J connectivity index is 3.10. The van der Waals surface area contributed by atoms with E-state index in [-0.39, 0.29) is 6.04 Å². The molecular formula is C10H14Cl2N2. The van der Waals surface area contributed by atoms with E-state index in [1.54, 1.807) is 6.07 Å². The molecule has 0 heterocycles. The van der Waals surface area contributed by atoms with Crippen LogP contribution >= 0.6 is 23.2 Å². The summed E-state index contributed by atoms with van der Waals surface area (Å²) in [6.45, 7) is 0.521. The average molecular weight is 233 g/mol. The molecule has 1 aromatic rings. The summed E-state index contributed by atoms with van der Waals surface area (Å²) >= 11 is 12.0. The maximum atomic E-state index is 6.10. The quantitative estimate of drug-likeness (QED) is 0.869. The number of rotatable bonds is 3. The third kappa shape index (κ3) is 2.39. The van der Waals surface area contributed by atoms with Gasteiger partial charge in [-0.3, -0.25) is 0 Å². The highest BCUT2D eigenvalue weighted by molar-refractivity contribution is 6.42. The lowest BCUT2D eigenvalue weighted by atomic mass is 10.1. The van der Waals surface area contributed by atoms with Crippen molar-refractivity contribution in [2.24, 2.45) is 5.73 Å². The van der Waals surface area contributed by atoms with Crippen LogP contribution in [0.15, 0.2) is 18.2 Å². The summed E-state index contributed by atoms with van der Waals surface area (Å²) in [5.74, 6) is 0. The lowest BCUT2D eigenvalue weighted by molar-refractivity contribution is 0.306. The third-order valence-electron chi connectivity index (χ3n) is 2.19. The highest BCUT2D eigenvalue weighted by Gasteiger charge is 2.16. The van der Waals surface area contributed by atoms with Crippen LogP contribution in [0.3, 0.4) is 0 Å². The number of likely N-dealkylation sites (N-methyl/N-ethyl adjacent to an activating group) is 1. The second-order valence-electron chi connectivity index (χ2n) is 3.36. The van der Waals surface area contributed by atoms with Crippen LogP contribution in [0, 0.1) is 0 Å². The van der Waals surface area contributed by atoms with E-state index in [0.717, 1.165) is 5.56 Å². The van der Waals surface area contributed by atoms with Crippen molar-refractivity contribution < 1.29 is 0 Å². The van der Waals surface area contributed by atoms with E-state index in [4.69, 9.17) is 28.9 Å².